The summed E-state index contributed by atoms with van der Waals surface area (Å²) in [6.45, 7) is 0.641. The van der Waals surface area contributed by atoms with Crippen LogP contribution in [0.5, 0.6) is 0 Å². The first-order valence-electron chi connectivity index (χ1n) is 5.35. The van der Waals surface area contributed by atoms with Crippen molar-refractivity contribution in [3.63, 3.8) is 0 Å². The molecule has 3 N–H and O–H groups in total. The highest BCUT2D eigenvalue weighted by Gasteiger charge is 2.11. The minimum absolute atomic E-state index is 0.0667. The Balaban J connectivity index is 2.73. The van der Waals surface area contributed by atoms with Crippen LogP contribution in [0.15, 0.2) is 29.2 Å². The van der Waals surface area contributed by atoms with E-state index in [0.29, 0.717) is 6.54 Å². The Kier molecular flexibility index (Phi) is 5.09. The van der Waals surface area contributed by atoms with E-state index in [1.54, 1.807) is 24.1 Å². The van der Waals surface area contributed by atoms with Crippen LogP contribution in [0.4, 0.5) is 5.69 Å². The molecule has 0 aliphatic rings. The van der Waals surface area contributed by atoms with Gasteiger partial charge in [-0.1, -0.05) is 0 Å². The molecule has 0 bridgehead atoms. The molecule has 0 radical (unpaired) electrons. The lowest BCUT2D eigenvalue weighted by molar-refractivity contribution is 0.0695. The molecule has 0 aliphatic carbocycles. The molecule has 0 spiro atoms. The maximum Gasteiger partial charge on any atom is 0.238 e. The average Bonchev–Trinajstić information content (AvgIpc) is 2.28. The summed E-state index contributed by atoms with van der Waals surface area (Å²) < 4.78 is 27.0. The third kappa shape index (κ3) is 4.26. The number of hydrogen-bond donors (Lipinski definition) is 2. The molecule has 6 nitrogen and oxygen atoms in total. The van der Waals surface area contributed by atoms with Gasteiger partial charge in [-0.15, -0.1) is 0 Å². The molecule has 7 heteroatoms. The molecular formula is C11H18N2O4S. The van der Waals surface area contributed by atoms with Crippen LogP contribution < -0.4 is 10.0 Å². The molecule has 0 fully saturated rings. The third-order valence-corrected chi connectivity index (χ3v) is 3.38. The number of sulfonamides is 1. The number of aliphatic hydroxyl groups is 1. The molecule has 0 aromatic heterocycles. The van der Waals surface area contributed by atoms with E-state index in [0.717, 1.165) is 5.69 Å². The van der Waals surface area contributed by atoms with Crippen molar-refractivity contribution >= 4 is 15.7 Å². The largest absolute Gasteiger partial charge is 0.389 e. The van der Waals surface area contributed by atoms with Crippen LogP contribution in [0.3, 0.4) is 0 Å². The van der Waals surface area contributed by atoms with Crippen LogP contribution in [0.1, 0.15) is 0 Å². The Morgan fingerprint density at radius 1 is 1.39 bits per heavy atom. The smallest absolute Gasteiger partial charge is 0.238 e. The molecule has 1 unspecified atom stereocenters. The van der Waals surface area contributed by atoms with Crippen molar-refractivity contribution in [2.45, 2.75) is 11.0 Å². The summed E-state index contributed by atoms with van der Waals surface area (Å²) in [5.41, 5.74) is 0.789. The van der Waals surface area contributed by atoms with Gasteiger partial charge < -0.3 is 14.7 Å². The summed E-state index contributed by atoms with van der Waals surface area (Å²) in [5, 5.41) is 14.6. The summed E-state index contributed by atoms with van der Waals surface area (Å²) >= 11 is 0. The van der Waals surface area contributed by atoms with Gasteiger partial charge in [-0.3, -0.25) is 0 Å². The lowest BCUT2D eigenvalue weighted by atomic mass is 10.2. The second-order valence-electron chi connectivity index (χ2n) is 4.03. The number of nitrogens with zero attached hydrogens (tertiary/aromatic N) is 1. The molecule has 102 valence electrons. The molecule has 0 saturated heterocycles. The standard InChI is InChI=1S/C11H18N2O4S/c1-13(7-10(14)8-17-2)9-3-5-11(6-4-9)18(12,15)16/h3-6,10,14H,7-8H2,1-2H3,(H2,12,15,16). The summed E-state index contributed by atoms with van der Waals surface area (Å²) in [4.78, 5) is 1.87. The van der Waals surface area contributed by atoms with Gasteiger partial charge in [0, 0.05) is 26.4 Å². The maximum atomic E-state index is 11.1. The van der Waals surface area contributed by atoms with Crippen LogP contribution in [-0.2, 0) is 14.8 Å². The SMILES string of the molecule is COCC(O)CN(C)c1ccc(S(N)(=O)=O)cc1. The number of aliphatic hydroxyl groups excluding tert-OH is 1. The topological polar surface area (TPSA) is 92.9 Å². The molecule has 0 amide bonds. The van der Waals surface area contributed by atoms with Crippen LogP contribution in [-0.4, -0.2) is 46.9 Å². The summed E-state index contributed by atoms with van der Waals surface area (Å²) in [5.74, 6) is 0. The maximum absolute atomic E-state index is 11.1. The van der Waals surface area contributed by atoms with Crippen LogP contribution in [0.2, 0.25) is 0 Å². The van der Waals surface area contributed by atoms with Gasteiger partial charge in [0.1, 0.15) is 0 Å². The monoisotopic (exact) mass is 274 g/mol. The van der Waals surface area contributed by atoms with Gasteiger partial charge in [-0.2, -0.15) is 0 Å². The van der Waals surface area contributed by atoms with E-state index in [2.05, 4.69) is 0 Å². The average molecular weight is 274 g/mol. The van der Waals surface area contributed by atoms with Crippen molar-refractivity contribution in [1.82, 2.24) is 0 Å². The van der Waals surface area contributed by atoms with Crippen molar-refractivity contribution in [2.75, 3.05) is 32.2 Å². The Bertz CT molecular complexity index is 472. The number of methoxy groups -OCH3 is 1. The molecule has 0 heterocycles. The second kappa shape index (κ2) is 6.14. The highest BCUT2D eigenvalue weighted by Crippen LogP contribution is 2.16. The highest BCUT2D eigenvalue weighted by atomic mass is 32.2. The van der Waals surface area contributed by atoms with Crippen molar-refractivity contribution in [3.05, 3.63) is 24.3 Å². The minimum Gasteiger partial charge on any atom is -0.389 e. The van der Waals surface area contributed by atoms with Gasteiger partial charge in [0.25, 0.3) is 0 Å². The van der Waals surface area contributed by atoms with Gasteiger partial charge in [0.05, 0.1) is 17.6 Å². The normalized spacial score (nSPS) is 13.3. The fourth-order valence-electron chi connectivity index (χ4n) is 1.56. The van der Waals surface area contributed by atoms with Gasteiger partial charge in [-0.05, 0) is 24.3 Å². The number of nitrogens with two attached hydrogens (primary N) is 1. The fraction of sp³-hybridized carbons (Fsp3) is 0.455. The number of ether oxygens (including phenoxy) is 1. The zero-order valence-corrected chi connectivity index (χ0v) is 11.2. The molecule has 0 saturated carbocycles. The van der Waals surface area contributed by atoms with Crippen molar-refractivity contribution in [2.24, 2.45) is 5.14 Å². The first-order valence-corrected chi connectivity index (χ1v) is 6.90. The molecular weight excluding hydrogens is 256 g/mol. The number of anilines is 1. The van der Waals surface area contributed by atoms with E-state index in [-0.39, 0.29) is 11.5 Å². The number of benzene rings is 1. The summed E-state index contributed by atoms with van der Waals surface area (Å²) in [6, 6.07) is 6.15. The van der Waals surface area contributed by atoms with Crippen molar-refractivity contribution in [3.8, 4) is 0 Å². The van der Waals surface area contributed by atoms with Crippen LogP contribution >= 0.6 is 0 Å². The Hall–Kier alpha value is -1.15. The van der Waals surface area contributed by atoms with Gasteiger partial charge in [0.15, 0.2) is 0 Å². The molecule has 18 heavy (non-hydrogen) atoms. The Morgan fingerprint density at radius 2 is 1.94 bits per heavy atom. The minimum atomic E-state index is -3.66. The molecule has 1 rings (SSSR count). The van der Waals surface area contributed by atoms with E-state index in [9.17, 15) is 13.5 Å². The van der Waals surface area contributed by atoms with Gasteiger partial charge in [-0.25, -0.2) is 13.6 Å². The third-order valence-electron chi connectivity index (χ3n) is 2.45. The first kappa shape index (κ1) is 14.9. The fourth-order valence-corrected chi connectivity index (χ4v) is 2.07. The zero-order chi connectivity index (χ0) is 13.8. The predicted octanol–water partition coefficient (Wildman–Crippen LogP) is -0.222. The number of hydrogen-bond acceptors (Lipinski definition) is 5. The van der Waals surface area contributed by atoms with Crippen LogP contribution in [0.25, 0.3) is 0 Å². The highest BCUT2D eigenvalue weighted by molar-refractivity contribution is 7.89. The molecule has 1 atom stereocenters. The van der Waals surface area contributed by atoms with Crippen molar-refractivity contribution < 1.29 is 18.3 Å². The Labute approximate surface area is 107 Å². The predicted molar refractivity (Wildman–Crippen MR) is 69.0 cm³/mol. The van der Waals surface area contributed by atoms with Gasteiger partial charge >= 0.3 is 0 Å². The van der Waals surface area contributed by atoms with Crippen molar-refractivity contribution in [1.29, 1.82) is 0 Å². The molecule has 1 aromatic rings. The summed E-state index contributed by atoms with van der Waals surface area (Å²) in [6.07, 6.45) is -0.599. The van der Waals surface area contributed by atoms with Gasteiger partial charge in [0.2, 0.25) is 10.0 Å². The van der Waals surface area contributed by atoms with E-state index in [4.69, 9.17) is 9.88 Å². The number of likely N-dealkylation sites (N-methyl/N-ethyl adjacent to an activating group) is 1. The van der Waals surface area contributed by atoms with E-state index >= 15 is 0 Å². The van der Waals surface area contributed by atoms with E-state index in [1.807, 2.05) is 0 Å². The quantitative estimate of drug-likeness (QED) is 0.748. The summed E-state index contributed by atoms with van der Waals surface area (Å²) in [7, 11) is -0.350. The molecule has 0 aliphatic heterocycles. The number of rotatable bonds is 6. The lowest BCUT2D eigenvalue weighted by Gasteiger charge is -2.22. The Morgan fingerprint density at radius 3 is 2.39 bits per heavy atom. The number of primary sulfonamides is 1. The van der Waals surface area contributed by atoms with Crippen LogP contribution in [0, 0.1) is 0 Å². The second-order valence-corrected chi connectivity index (χ2v) is 5.59. The molecule has 1 aromatic carbocycles. The lowest BCUT2D eigenvalue weighted by Crippen LogP contribution is -2.31. The zero-order valence-electron chi connectivity index (χ0n) is 10.4. The van der Waals surface area contributed by atoms with E-state index < -0.39 is 16.1 Å². The van der Waals surface area contributed by atoms with E-state index in [1.165, 1.54) is 19.2 Å². The first-order chi connectivity index (χ1) is 8.34.